The van der Waals surface area contributed by atoms with Crippen molar-refractivity contribution in [2.24, 2.45) is 5.73 Å². The van der Waals surface area contributed by atoms with Gasteiger partial charge in [0.05, 0.1) is 0 Å². The van der Waals surface area contributed by atoms with Gasteiger partial charge in [-0.2, -0.15) is 0 Å². The van der Waals surface area contributed by atoms with E-state index in [1.807, 2.05) is 29.6 Å². The summed E-state index contributed by atoms with van der Waals surface area (Å²) in [6.45, 7) is 5.29. The molecule has 0 radical (unpaired) electrons. The maximum atomic E-state index is 11.8. The minimum absolute atomic E-state index is 0.346. The third-order valence-corrected chi connectivity index (χ3v) is 4.03. The highest BCUT2D eigenvalue weighted by Crippen LogP contribution is 2.26. The van der Waals surface area contributed by atoms with Crippen molar-refractivity contribution in [2.75, 3.05) is 0 Å². The van der Waals surface area contributed by atoms with Crippen LogP contribution in [-0.2, 0) is 16.0 Å². The zero-order valence-corrected chi connectivity index (χ0v) is 13.7. The molecule has 118 valence electrons. The fraction of sp³-hybridized carbons (Fsp3) is 0.375. The van der Waals surface area contributed by atoms with Gasteiger partial charge in [-0.3, -0.25) is 4.79 Å². The number of ether oxygens (including phenoxy) is 1. The summed E-state index contributed by atoms with van der Waals surface area (Å²) in [6.07, 6.45) is -0.297. The van der Waals surface area contributed by atoms with Gasteiger partial charge in [0.2, 0.25) is 5.91 Å². The number of benzene rings is 1. The highest BCUT2D eigenvalue weighted by molar-refractivity contribution is 7.17. The van der Waals surface area contributed by atoms with Gasteiger partial charge in [0.25, 0.3) is 0 Å². The Balaban J connectivity index is 2.12. The second-order valence-corrected chi connectivity index (χ2v) is 6.97. The van der Waals surface area contributed by atoms with Gasteiger partial charge in [0.1, 0.15) is 11.6 Å². The predicted molar refractivity (Wildman–Crippen MR) is 87.9 cm³/mol. The number of rotatable bonds is 4. The van der Waals surface area contributed by atoms with Gasteiger partial charge in [0, 0.05) is 11.1 Å². The lowest BCUT2D eigenvalue weighted by molar-refractivity contribution is -0.120. The molecule has 2 amide bonds. The van der Waals surface area contributed by atoms with Gasteiger partial charge in [-0.1, -0.05) is 18.2 Å². The Hall–Kier alpha value is -2.08. The van der Waals surface area contributed by atoms with E-state index in [0.29, 0.717) is 6.42 Å². The zero-order chi connectivity index (χ0) is 16.3. The summed E-state index contributed by atoms with van der Waals surface area (Å²) in [5.41, 5.74) is 5.77. The van der Waals surface area contributed by atoms with Crippen LogP contribution in [0.15, 0.2) is 29.6 Å². The zero-order valence-electron chi connectivity index (χ0n) is 12.9. The summed E-state index contributed by atoms with van der Waals surface area (Å²) < 4.78 is 6.31. The van der Waals surface area contributed by atoms with Crippen molar-refractivity contribution in [1.29, 1.82) is 0 Å². The first-order valence-corrected chi connectivity index (χ1v) is 7.88. The van der Waals surface area contributed by atoms with Gasteiger partial charge in [-0.05, 0) is 43.2 Å². The van der Waals surface area contributed by atoms with E-state index in [4.69, 9.17) is 10.5 Å². The van der Waals surface area contributed by atoms with E-state index in [1.165, 1.54) is 0 Å². The molecule has 0 spiro atoms. The van der Waals surface area contributed by atoms with Gasteiger partial charge >= 0.3 is 6.09 Å². The van der Waals surface area contributed by atoms with Crippen LogP contribution >= 0.6 is 11.3 Å². The lowest BCUT2D eigenvalue weighted by Crippen LogP contribution is -2.47. The summed E-state index contributed by atoms with van der Waals surface area (Å²) in [5.74, 6) is -0.582. The third-order valence-electron chi connectivity index (χ3n) is 3.02. The summed E-state index contributed by atoms with van der Waals surface area (Å²) in [5, 5.41) is 5.60. The molecule has 2 aromatic rings. The Labute approximate surface area is 133 Å². The van der Waals surface area contributed by atoms with Crippen molar-refractivity contribution in [3.05, 3.63) is 35.2 Å². The first kappa shape index (κ1) is 16.3. The monoisotopic (exact) mass is 320 g/mol. The van der Waals surface area contributed by atoms with E-state index < -0.39 is 23.6 Å². The molecule has 22 heavy (non-hydrogen) atoms. The number of hydrogen-bond donors (Lipinski definition) is 2. The molecule has 1 aromatic heterocycles. The Kier molecular flexibility index (Phi) is 4.71. The van der Waals surface area contributed by atoms with Crippen LogP contribution in [0.3, 0.4) is 0 Å². The van der Waals surface area contributed by atoms with E-state index in [0.717, 1.165) is 15.6 Å². The van der Waals surface area contributed by atoms with Crippen LogP contribution in [0.4, 0.5) is 4.79 Å². The van der Waals surface area contributed by atoms with Crippen LogP contribution in [-0.4, -0.2) is 23.6 Å². The van der Waals surface area contributed by atoms with Gasteiger partial charge in [-0.15, -0.1) is 11.3 Å². The molecule has 0 saturated heterocycles. The van der Waals surface area contributed by atoms with E-state index in [-0.39, 0.29) is 0 Å². The molecule has 0 bridgehead atoms. The number of amides is 2. The number of hydrogen-bond acceptors (Lipinski definition) is 4. The lowest BCUT2D eigenvalue weighted by Gasteiger charge is -2.22. The fourth-order valence-electron chi connectivity index (χ4n) is 2.08. The number of fused-ring (bicyclic) bond motifs is 1. The average molecular weight is 320 g/mol. The second-order valence-electron chi connectivity index (χ2n) is 6.06. The number of thiophene rings is 1. The van der Waals surface area contributed by atoms with Crippen molar-refractivity contribution in [3.8, 4) is 0 Å². The van der Waals surface area contributed by atoms with Crippen molar-refractivity contribution in [3.63, 3.8) is 0 Å². The first-order chi connectivity index (χ1) is 10.3. The normalized spacial score (nSPS) is 12.9. The number of alkyl carbamates (subject to hydrolysis) is 1. The predicted octanol–water partition coefficient (Wildman–Crippen LogP) is 2.82. The van der Waals surface area contributed by atoms with Crippen molar-refractivity contribution >= 4 is 33.4 Å². The molecule has 5 nitrogen and oxygen atoms in total. The van der Waals surface area contributed by atoms with Crippen LogP contribution in [0.5, 0.6) is 0 Å². The molecular weight excluding hydrogens is 300 g/mol. The van der Waals surface area contributed by atoms with E-state index in [2.05, 4.69) is 5.32 Å². The molecular formula is C16H20N2O3S. The highest BCUT2D eigenvalue weighted by Gasteiger charge is 2.23. The molecule has 0 aliphatic rings. The summed E-state index contributed by atoms with van der Waals surface area (Å²) in [7, 11) is 0. The molecule has 3 N–H and O–H groups in total. The fourth-order valence-corrected chi connectivity index (χ4v) is 3.06. The topological polar surface area (TPSA) is 81.4 Å². The van der Waals surface area contributed by atoms with Crippen LogP contribution in [0.2, 0.25) is 0 Å². The largest absolute Gasteiger partial charge is 0.444 e. The SMILES string of the molecule is CC(C)(C)OC(=O)N[C@@H](Cc1csc2ccccc12)C(N)=O. The first-order valence-electron chi connectivity index (χ1n) is 7.00. The molecule has 1 heterocycles. The van der Waals surface area contributed by atoms with E-state index >= 15 is 0 Å². The molecule has 1 aromatic carbocycles. The maximum Gasteiger partial charge on any atom is 0.408 e. The van der Waals surface area contributed by atoms with Gasteiger partial charge < -0.3 is 15.8 Å². The molecule has 1 atom stereocenters. The number of carbonyl (C=O) groups is 2. The highest BCUT2D eigenvalue weighted by atomic mass is 32.1. The Morgan fingerprint density at radius 3 is 2.64 bits per heavy atom. The van der Waals surface area contributed by atoms with Crippen LogP contribution in [0, 0.1) is 0 Å². The number of nitrogens with two attached hydrogens (primary N) is 1. The lowest BCUT2D eigenvalue weighted by atomic mass is 10.0. The minimum Gasteiger partial charge on any atom is -0.444 e. The number of carbonyl (C=O) groups excluding carboxylic acids is 2. The van der Waals surface area contributed by atoms with Crippen LogP contribution < -0.4 is 11.1 Å². The van der Waals surface area contributed by atoms with Crippen molar-refractivity contribution in [1.82, 2.24) is 5.32 Å². The molecule has 0 aliphatic heterocycles. The number of nitrogens with one attached hydrogen (secondary N) is 1. The molecule has 0 unspecified atom stereocenters. The molecule has 0 fully saturated rings. The van der Waals surface area contributed by atoms with Crippen molar-refractivity contribution in [2.45, 2.75) is 38.8 Å². The Bertz CT molecular complexity index is 688. The van der Waals surface area contributed by atoms with E-state index in [1.54, 1.807) is 32.1 Å². The minimum atomic E-state index is -0.798. The quantitative estimate of drug-likeness (QED) is 0.909. The number of primary amides is 1. The van der Waals surface area contributed by atoms with Crippen LogP contribution in [0.25, 0.3) is 10.1 Å². The average Bonchev–Trinajstić information content (AvgIpc) is 2.79. The maximum absolute atomic E-state index is 11.8. The summed E-state index contributed by atoms with van der Waals surface area (Å²) in [4.78, 5) is 23.4. The van der Waals surface area contributed by atoms with Crippen LogP contribution in [0.1, 0.15) is 26.3 Å². The standard InChI is InChI=1S/C16H20N2O3S/c1-16(2,3)21-15(20)18-12(14(17)19)8-10-9-22-13-7-5-4-6-11(10)13/h4-7,9,12H,8H2,1-3H3,(H2,17,19)(H,18,20)/t12-/m0/s1. The summed E-state index contributed by atoms with van der Waals surface area (Å²) in [6, 6.07) is 7.12. The van der Waals surface area contributed by atoms with E-state index in [9.17, 15) is 9.59 Å². The third kappa shape index (κ3) is 4.21. The van der Waals surface area contributed by atoms with Gasteiger partial charge in [0.15, 0.2) is 0 Å². The summed E-state index contributed by atoms with van der Waals surface area (Å²) >= 11 is 1.60. The molecule has 0 saturated carbocycles. The molecule has 2 rings (SSSR count). The Morgan fingerprint density at radius 2 is 2.00 bits per heavy atom. The molecule has 0 aliphatic carbocycles. The van der Waals surface area contributed by atoms with Gasteiger partial charge in [-0.25, -0.2) is 4.79 Å². The smallest absolute Gasteiger partial charge is 0.408 e. The molecule has 6 heteroatoms. The Morgan fingerprint density at radius 1 is 1.32 bits per heavy atom. The second kappa shape index (κ2) is 6.36. The van der Waals surface area contributed by atoms with Crippen molar-refractivity contribution < 1.29 is 14.3 Å².